The summed E-state index contributed by atoms with van der Waals surface area (Å²) in [6.07, 6.45) is 30.3. The maximum absolute atomic E-state index is 5.74. The van der Waals surface area contributed by atoms with Crippen LogP contribution in [0.2, 0.25) is 6.04 Å². The quantitative estimate of drug-likeness (QED) is 0.0980. The van der Waals surface area contributed by atoms with E-state index in [2.05, 4.69) is 20.8 Å². The molecule has 0 amide bonds. The predicted molar refractivity (Wildman–Crippen MR) is 138 cm³/mol. The average Bonchev–Trinajstić information content (AvgIpc) is 2.75. The molecule has 0 radical (unpaired) electrons. The molecular formula is C27H58O2Si. The summed E-state index contributed by atoms with van der Waals surface area (Å²) in [4.78, 5) is 0. The van der Waals surface area contributed by atoms with Gasteiger partial charge in [-0.15, -0.1) is 0 Å². The van der Waals surface area contributed by atoms with Gasteiger partial charge in [-0.2, -0.15) is 0 Å². The smallest absolute Gasteiger partial charge is 0.321 e. The third kappa shape index (κ3) is 24.4. The summed E-state index contributed by atoms with van der Waals surface area (Å²) >= 11 is 0. The molecule has 0 aliphatic rings. The van der Waals surface area contributed by atoms with Gasteiger partial charge in [-0.1, -0.05) is 142 Å². The molecule has 2 nitrogen and oxygen atoms in total. The minimum Gasteiger partial charge on any atom is -0.397 e. The van der Waals surface area contributed by atoms with Gasteiger partial charge in [0.2, 0.25) is 0 Å². The first-order valence-corrected chi connectivity index (χ1v) is 15.8. The van der Waals surface area contributed by atoms with Gasteiger partial charge < -0.3 is 8.85 Å². The van der Waals surface area contributed by atoms with Gasteiger partial charge in [-0.3, -0.25) is 0 Å². The molecule has 0 spiro atoms. The van der Waals surface area contributed by atoms with E-state index in [-0.39, 0.29) is 0 Å². The number of hydrogen-bond donors (Lipinski definition) is 0. The van der Waals surface area contributed by atoms with Gasteiger partial charge in [0.05, 0.1) is 0 Å². The van der Waals surface area contributed by atoms with Crippen LogP contribution < -0.4 is 0 Å². The molecule has 0 fully saturated rings. The fourth-order valence-electron chi connectivity index (χ4n) is 4.33. The second kappa shape index (κ2) is 27.2. The Morgan fingerprint density at radius 3 is 0.900 bits per heavy atom. The van der Waals surface area contributed by atoms with E-state index in [0.29, 0.717) is 0 Å². The number of unbranched alkanes of at least 4 members (excludes halogenated alkanes) is 20. The molecule has 0 aromatic rings. The van der Waals surface area contributed by atoms with Crippen molar-refractivity contribution in [3.63, 3.8) is 0 Å². The molecule has 0 aromatic heterocycles. The van der Waals surface area contributed by atoms with Crippen molar-refractivity contribution >= 4 is 9.28 Å². The molecule has 3 heteroatoms. The molecule has 0 bridgehead atoms. The molecule has 0 saturated heterocycles. The normalized spacial score (nSPS) is 11.6. The van der Waals surface area contributed by atoms with E-state index >= 15 is 0 Å². The van der Waals surface area contributed by atoms with Crippen molar-refractivity contribution < 1.29 is 8.85 Å². The molecule has 0 aliphatic heterocycles. The highest BCUT2D eigenvalue weighted by molar-refractivity contribution is 6.44. The molecule has 0 saturated carbocycles. The van der Waals surface area contributed by atoms with E-state index in [1.165, 1.54) is 141 Å². The standard InChI is InChI=1S/C27H58O2Si/c1-4-7-8-9-10-11-12-13-14-15-16-17-18-19-20-21-22-23-24-25-26-27-30(28-5-2)29-6-3/h30H,4-27H2,1-3H3. The minimum absolute atomic E-state index is 0.816. The van der Waals surface area contributed by atoms with E-state index < -0.39 is 9.28 Å². The van der Waals surface area contributed by atoms with E-state index in [9.17, 15) is 0 Å². The summed E-state index contributed by atoms with van der Waals surface area (Å²) in [5, 5.41) is 0. The SMILES string of the molecule is CCCCCCCCCCCCCCCCCCCCCCC[SiH](OCC)OCC. The number of hydrogen-bond acceptors (Lipinski definition) is 2. The van der Waals surface area contributed by atoms with Gasteiger partial charge >= 0.3 is 9.28 Å². The van der Waals surface area contributed by atoms with Crippen LogP contribution in [0.25, 0.3) is 0 Å². The predicted octanol–water partition coefficient (Wildman–Crippen LogP) is 9.49. The van der Waals surface area contributed by atoms with E-state index in [4.69, 9.17) is 8.85 Å². The lowest BCUT2D eigenvalue weighted by molar-refractivity contribution is 0.212. The van der Waals surface area contributed by atoms with Crippen LogP contribution in [0.4, 0.5) is 0 Å². The molecule has 0 N–H and O–H groups in total. The minimum atomic E-state index is -1.33. The second-order valence-electron chi connectivity index (χ2n) is 9.20. The van der Waals surface area contributed by atoms with Crippen LogP contribution in [0.5, 0.6) is 0 Å². The third-order valence-electron chi connectivity index (χ3n) is 6.25. The Balaban J connectivity index is 3.11. The van der Waals surface area contributed by atoms with Crippen LogP contribution in [0.1, 0.15) is 156 Å². The van der Waals surface area contributed by atoms with Crippen LogP contribution in [0.15, 0.2) is 0 Å². The first kappa shape index (κ1) is 30.1. The van der Waals surface area contributed by atoms with Gasteiger partial charge in [-0.05, 0) is 19.9 Å². The molecule has 0 heterocycles. The van der Waals surface area contributed by atoms with Crippen molar-refractivity contribution in [2.75, 3.05) is 13.2 Å². The topological polar surface area (TPSA) is 18.5 Å². The van der Waals surface area contributed by atoms with Gasteiger partial charge in [0.1, 0.15) is 0 Å². The largest absolute Gasteiger partial charge is 0.397 e. The molecule has 0 atom stereocenters. The van der Waals surface area contributed by atoms with Crippen molar-refractivity contribution in [1.82, 2.24) is 0 Å². The summed E-state index contributed by atoms with van der Waals surface area (Å²) < 4.78 is 11.5. The zero-order valence-corrected chi connectivity index (χ0v) is 22.5. The average molecular weight is 443 g/mol. The Kier molecular flexibility index (Phi) is 27.3. The zero-order valence-electron chi connectivity index (χ0n) is 21.4. The highest BCUT2D eigenvalue weighted by atomic mass is 28.3. The number of rotatable bonds is 26. The molecule has 0 unspecified atom stereocenters. The van der Waals surface area contributed by atoms with Gasteiger partial charge in [0.25, 0.3) is 0 Å². The van der Waals surface area contributed by atoms with Crippen molar-refractivity contribution in [2.24, 2.45) is 0 Å². The van der Waals surface area contributed by atoms with Gasteiger partial charge in [0.15, 0.2) is 0 Å². The summed E-state index contributed by atoms with van der Waals surface area (Å²) in [6.45, 7) is 8.09. The Bertz CT molecular complexity index is 293. The summed E-state index contributed by atoms with van der Waals surface area (Å²) in [6, 6.07) is 1.20. The van der Waals surface area contributed by atoms with Crippen LogP contribution >= 0.6 is 0 Å². The van der Waals surface area contributed by atoms with Crippen molar-refractivity contribution in [3.8, 4) is 0 Å². The highest BCUT2D eigenvalue weighted by Gasteiger charge is 2.10. The molecule has 182 valence electrons. The Hall–Kier alpha value is 0.137. The van der Waals surface area contributed by atoms with Crippen molar-refractivity contribution in [1.29, 1.82) is 0 Å². The fraction of sp³-hybridized carbons (Fsp3) is 1.00. The van der Waals surface area contributed by atoms with Gasteiger partial charge in [0, 0.05) is 13.2 Å². The van der Waals surface area contributed by atoms with Crippen LogP contribution in [-0.2, 0) is 8.85 Å². The lowest BCUT2D eigenvalue weighted by atomic mass is 10.0. The van der Waals surface area contributed by atoms with E-state index in [1.807, 2.05) is 0 Å². The maximum Gasteiger partial charge on any atom is 0.321 e. The zero-order chi connectivity index (χ0) is 22.0. The lowest BCUT2D eigenvalue weighted by Crippen LogP contribution is -2.22. The maximum atomic E-state index is 5.74. The van der Waals surface area contributed by atoms with Crippen LogP contribution in [0.3, 0.4) is 0 Å². The monoisotopic (exact) mass is 442 g/mol. The first-order chi connectivity index (χ1) is 14.8. The van der Waals surface area contributed by atoms with E-state index in [1.54, 1.807) is 0 Å². The molecule has 0 aromatic carbocycles. The second-order valence-corrected chi connectivity index (χ2v) is 11.3. The summed E-state index contributed by atoms with van der Waals surface area (Å²) in [5.41, 5.74) is 0. The molecule has 30 heavy (non-hydrogen) atoms. The fourth-order valence-corrected chi connectivity index (χ4v) is 6.12. The van der Waals surface area contributed by atoms with Crippen molar-refractivity contribution in [2.45, 2.75) is 162 Å². The molecule has 0 aliphatic carbocycles. The van der Waals surface area contributed by atoms with Gasteiger partial charge in [-0.25, -0.2) is 0 Å². The Labute approximate surface area is 193 Å². The van der Waals surface area contributed by atoms with Crippen molar-refractivity contribution in [3.05, 3.63) is 0 Å². The molecular weight excluding hydrogens is 384 g/mol. The highest BCUT2D eigenvalue weighted by Crippen LogP contribution is 2.15. The molecule has 0 rings (SSSR count). The van der Waals surface area contributed by atoms with Crippen LogP contribution in [0, 0.1) is 0 Å². The van der Waals surface area contributed by atoms with Crippen LogP contribution in [-0.4, -0.2) is 22.5 Å². The lowest BCUT2D eigenvalue weighted by Gasteiger charge is -2.14. The summed E-state index contributed by atoms with van der Waals surface area (Å²) in [7, 11) is -1.33. The third-order valence-corrected chi connectivity index (χ3v) is 8.54. The summed E-state index contributed by atoms with van der Waals surface area (Å²) in [5.74, 6) is 0. The Morgan fingerprint density at radius 2 is 0.633 bits per heavy atom. The van der Waals surface area contributed by atoms with E-state index in [0.717, 1.165) is 13.2 Å². The Morgan fingerprint density at radius 1 is 0.367 bits per heavy atom. The first-order valence-electron chi connectivity index (χ1n) is 14.1.